The SMILES string of the molecule is CCc1cnc2ccccc2c1CC. The first-order valence-corrected chi connectivity index (χ1v) is 5.22. The van der Waals surface area contributed by atoms with Crippen molar-refractivity contribution in [1.29, 1.82) is 0 Å². The van der Waals surface area contributed by atoms with E-state index in [2.05, 4.69) is 37.0 Å². The highest BCUT2D eigenvalue weighted by molar-refractivity contribution is 5.82. The third kappa shape index (κ3) is 1.39. The largest absolute Gasteiger partial charge is 0.256 e. The fourth-order valence-corrected chi connectivity index (χ4v) is 1.96. The lowest BCUT2D eigenvalue weighted by atomic mass is 10.00. The summed E-state index contributed by atoms with van der Waals surface area (Å²) in [6, 6.07) is 8.37. The number of hydrogen-bond acceptors (Lipinski definition) is 1. The van der Waals surface area contributed by atoms with Crippen molar-refractivity contribution in [3.05, 3.63) is 41.6 Å². The summed E-state index contributed by atoms with van der Waals surface area (Å²) in [4.78, 5) is 4.46. The van der Waals surface area contributed by atoms with E-state index < -0.39 is 0 Å². The molecule has 0 spiro atoms. The molecule has 0 bridgehead atoms. The zero-order valence-corrected chi connectivity index (χ0v) is 8.75. The molecule has 14 heavy (non-hydrogen) atoms. The van der Waals surface area contributed by atoms with Gasteiger partial charge in [-0.05, 0) is 30.0 Å². The molecule has 1 heterocycles. The van der Waals surface area contributed by atoms with Gasteiger partial charge >= 0.3 is 0 Å². The van der Waals surface area contributed by atoms with Gasteiger partial charge in [-0.3, -0.25) is 4.98 Å². The maximum absolute atomic E-state index is 4.46. The average molecular weight is 185 g/mol. The van der Waals surface area contributed by atoms with Gasteiger partial charge in [-0.25, -0.2) is 0 Å². The number of aromatic nitrogens is 1. The molecular formula is C13H15N. The first-order valence-electron chi connectivity index (χ1n) is 5.22. The van der Waals surface area contributed by atoms with Crippen LogP contribution < -0.4 is 0 Å². The fourth-order valence-electron chi connectivity index (χ4n) is 1.96. The van der Waals surface area contributed by atoms with E-state index in [0.717, 1.165) is 18.4 Å². The molecule has 1 heteroatoms. The molecule has 0 saturated carbocycles. The van der Waals surface area contributed by atoms with E-state index in [0.29, 0.717) is 0 Å². The quantitative estimate of drug-likeness (QED) is 0.699. The van der Waals surface area contributed by atoms with Crippen molar-refractivity contribution in [3.8, 4) is 0 Å². The Morgan fingerprint density at radius 1 is 1.07 bits per heavy atom. The van der Waals surface area contributed by atoms with Crippen molar-refractivity contribution in [2.24, 2.45) is 0 Å². The Hall–Kier alpha value is -1.37. The molecule has 1 nitrogen and oxygen atoms in total. The second kappa shape index (κ2) is 3.79. The molecule has 0 radical (unpaired) electrons. The molecule has 0 aliphatic carbocycles. The van der Waals surface area contributed by atoms with Gasteiger partial charge in [0.2, 0.25) is 0 Å². The fraction of sp³-hybridized carbons (Fsp3) is 0.308. The Morgan fingerprint density at radius 2 is 1.86 bits per heavy atom. The smallest absolute Gasteiger partial charge is 0.0704 e. The third-order valence-electron chi connectivity index (χ3n) is 2.71. The van der Waals surface area contributed by atoms with Crippen molar-refractivity contribution >= 4 is 10.9 Å². The molecule has 0 amide bonds. The van der Waals surface area contributed by atoms with Crippen LogP contribution in [-0.4, -0.2) is 4.98 Å². The molecule has 72 valence electrons. The number of aryl methyl sites for hydroxylation is 2. The van der Waals surface area contributed by atoms with E-state index in [-0.39, 0.29) is 0 Å². The van der Waals surface area contributed by atoms with Crippen LogP contribution in [0.1, 0.15) is 25.0 Å². The molecule has 0 atom stereocenters. The number of nitrogens with zero attached hydrogens (tertiary/aromatic N) is 1. The maximum atomic E-state index is 4.46. The number of rotatable bonds is 2. The van der Waals surface area contributed by atoms with Gasteiger partial charge in [-0.2, -0.15) is 0 Å². The lowest BCUT2D eigenvalue weighted by Gasteiger charge is -2.08. The average Bonchev–Trinajstić information content (AvgIpc) is 2.27. The molecular weight excluding hydrogens is 170 g/mol. The number of pyridine rings is 1. The van der Waals surface area contributed by atoms with Crippen LogP contribution in [0.4, 0.5) is 0 Å². The first kappa shape index (κ1) is 9.20. The molecule has 1 aromatic carbocycles. The number of fused-ring (bicyclic) bond motifs is 1. The second-order valence-electron chi connectivity index (χ2n) is 3.49. The summed E-state index contributed by atoms with van der Waals surface area (Å²) in [5.74, 6) is 0. The van der Waals surface area contributed by atoms with Gasteiger partial charge < -0.3 is 0 Å². The highest BCUT2D eigenvalue weighted by atomic mass is 14.7. The van der Waals surface area contributed by atoms with Crippen LogP contribution in [0.5, 0.6) is 0 Å². The predicted octanol–water partition coefficient (Wildman–Crippen LogP) is 3.36. The molecule has 0 aliphatic heterocycles. The molecule has 0 saturated heterocycles. The van der Waals surface area contributed by atoms with E-state index in [1.807, 2.05) is 12.3 Å². The van der Waals surface area contributed by atoms with Crippen LogP contribution in [-0.2, 0) is 12.8 Å². The topological polar surface area (TPSA) is 12.9 Å². The Labute approximate surface area is 84.8 Å². The van der Waals surface area contributed by atoms with Gasteiger partial charge in [0.1, 0.15) is 0 Å². The first-order chi connectivity index (χ1) is 6.86. The number of para-hydroxylation sites is 1. The van der Waals surface area contributed by atoms with E-state index in [1.54, 1.807) is 0 Å². The van der Waals surface area contributed by atoms with Gasteiger partial charge in [-0.15, -0.1) is 0 Å². The van der Waals surface area contributed by atoms with Crippen LogP contribution in [0.3, 0.4) is 0 Å². The van der Waals surface area contributed by atoms with Crippen molar-refractivity contribution < 1.29 is 0 Å². The molecule has 2 aromatic rings. The van der Waals surface area contributed by atoms with Gasteiger partial charge in [0, 0.05) is 11.6 Å². The van der Waals surface area contributed by atoms with Crippen LogP contribution in [0.15, 0.2) is 30.5 Å². The van der Waals surface area contributed by atoms with Crippen molar-refractivity contribution in [3.63, 3.8) is 0 Å². The highest BCUT2D eigenvalue weighted by Gasteiger charge is 2.04. The summed E-state index contributed by atoms with van der Waals surface area (Å²) in [6.45, 7) is 4.39. The van der Waals surface area contributed by atoms with Gasteiger partial charge in [-0.1, -0.05) is 32.0 Å². The van der Waals surface area contributed by atoms with E-state index in [9.17, 15) is 0 Å². The zero-order chi connectivity index (χ0) is 9.97. The third-order valence-corrected chi connectivity index (χ3v) is 2.71. The summed E-state index contributed by atoms with van der Waals surface area (Å²) < 4.78 is 0. The summed E-state index contributed by atoms with van der Waals surface area (Å²) in [6.07, 6.45) is 4.17. The Kier molecular flexibility index (Phi) is 2.49. The molecule has 1 aromatic heterocycles. The van der Waals surface area contributed by atoms with E-state index >= 15 is 0 Å². The van der Waals surface area contributed by atoms with Gasteiger partial charge in [0.15, 0.2) is 0 Å². The number of hydrogen-bond donors (Lipinski definition) is 0. The summed E-state index contributed by atoms with van der Waals surface area (Å²) in [5, 5.41) is 1.31. The van der Waals surface area contributed by atoms with Crippen LogP contribution in [0.2, 0.25) is 0 Å². The van der Waals surface area contributed by atoms with Crippen molar-refractivity contribution in [2.45, 2.75) is 26.7 Å². The maximum Gasteiger partial charge on any atom is 0.0704 e. The van der Waals surface area contributed by atoms with Crippen LogP contribution >= 0.6 is 0 Å². The summed E-state index contributed by atoms with van der Waals surface area (Å²) in [7, 11) is 0. The van der Waals surface area contributed by atoms with Crippen LogP contribution in [0, 0.1) is 0 Å². The van der Waals surface area contributed by atoms with E-state index in [4.69, 9.17) is 0 Å². The lowest BCUT2D eigenvalue weighted by molar-refractivity contribution is 1.03. The standard InChI is InChI=1S/C13H15N/c1-3-10-9-14-13-8-6-5-7-12(13)11(10)4-2/h5-9H,3-4H2,1-2H3. The summed E-state index contributed by atoms with van der Waals surface area (Å²) >= 11 is 0. The Balaban J connectivity index is 2.77. The van der Waals surface area contributed by atoms with Gasteiger partial charge in [0.25, 0.3) is 0 Å². The minimum absolute atomic E-state index is 1.07. The minimum Gasteiger partial charge on any atom is -0.256 e. The van der Waals surface area contributed by atoms with Crippen LogP contribution in [0.25, 0.3) is 10.9 Å². The van der Waals surface area contributed by atoms with E-state index in [1.165, 1.54) is 16.5 Å². The van der Waals surface area contributed by atoms with Crippen molar-refractivity contribution in [1.82, 2.24) is 4.98 Å². The highest BCUT2D eigenvalue weighted by Crippen LogP contribution is 2.21. The molecule has 0 N–H and O–H groups in total. The van der Waals surface area contributed by atoms with Crippen molar-refractivity contribution in [2.75, 3.05) is 0 Å². The zero-order valence-electron chi connectivity index (χ0n) is 8.75. The molecule has 2 rings (SSSR count). The minimum atomic E-state index is 1.07. The Morgan fingerprint density at radius 3 is 2.57 bits per heavy atom. The molecule has 0 unspecified atom stereocenters. The molecule has 0 fully saturated rings. The predicted molar refractivity (Wildman–Crippen MR) is 60.5 cm³/mol. The van der Waals surface area contributed by atoms with Gasteiger partial charge in [0.05, 0.1) is 5.52 Å². The molecule has 0 aliphatic rings. The monoisotopic (exact) mass is 185 g/mol. The normalized spacial score (nSPS) is 10.7. The number of benzene rings is 1. The summed E-state index contributed by atoms with van der Waals surface area (Å²) in [5.41, 5.74) is 3.95. The second-order valence-corrected chi connectivity index (χ2v) is 3.49. The Bertz CT molecular complexity index is 446. The lowest BCUT2D eigenvalue weighted by Crippen LogP contribution is -1.94.